The molecule has 1 amide bonds. The fourth-order valence-electron chi connectivity index (χ4n) is 3.98. The van der Waals surface area contributed by atoms with Crippen molar-refractivity contribution in [2.24, 2.45) is 0 Å². The zero-order valence-electron chi connectivity index (χ0n) is 22.7. The maximum atomic E-state index is 12.3. The van der Waals surface area contributed by atoms with Crippen LogP contribution >= 0.6 is 0 Å². The second-order valence-corrected chi connectivity index (χ2v) is 11.3. The van der Waals surface area contributed by atoms with Gasteiger partial charge >= 0.3 is 0 Å². The van der Waals surface area contributed by atoms with Gasteiger partial charge in [0, 0.05) is 0 Å². The highest BCUT2D eigenvalue weighted by atomic mass is 32.2. The SMILES string of the molecule is CCCCCC/C=C\CCC(O)C(=O)NC(CS(=O)(=O)O)C(O)/C=C/CCCCCCCCCCC. The van der Waals surface area contributed by atoms with Crippen LogP contribution in [0.25, 0.3) is 0 Å². The van der Waals surface area contributed by atoms with Crippen molar-refractivity contribution < 1.29 is 28.0 Å². The summed E-state index contributed by atoms with van der Waals surface area (Å²) >= 11 is 0. The van der Waals surface area contributed by atoms with Crippen LogP contribution in [-0.4, -0.2) is 53.1 Å². The molecule has 0 aromatic carbocycles. The van der Waals surface area contributed by atoms with Crippen molar-refractivity contribution in [2.45, 2.75) is 141 Å². The highest BCUT2D eigenvalue weighted by molar-refractivity contribution is 7.85. The zero-order valence-corrected chi connectivity index (χ0v) is 23.6. The largest absolute Gasteiger partial charge is 0.387 e. The third-order valence-electron chi connectivity index (χ3n) is 6.24. The predicted octanol–water partition coefficient (Wildman–Crippen LogP) is 5.86. The molecule has 0 heterocycles. The van der Waals surface area contributed by atoms with E-state index in [-0.39, 0.29) is 6.42 Å². The first-order valence-electron chi connectivity index (χ1n) is 14.1. The molecule has 0 aliphatic rings. The Morgan fingerprint density at radius 2 is 1.22 bits per heavy atom. The smallest absolute Gasteiger partial charge is 0.267 e. The predicted molar refractivity (Wildman–Crippen MR) is 148 cm³/mol. The van der Waals surface area contributed by atoms with Gasteiger partial charge in [-0.25, -0.2) is 0 Å². The number of aliphatic hydroxyl groups is 2. The average Bonchev–Trinajstić information content (AvgIpc) is 2.82. The topological polar surface area (TPSA) is 124 Å². The second-order valence-electron chi connectivity index (χ2n) is 9.81. The molecule has 0 saturated heterocycles. The molecular formula is C28H53NO6S. The fourth-order valence-corrected chi connectivity index (χ4v) is 4.72. The lowest BCUT2D eigenvalue weighted by molar-refractivity contribution is -0.130. The van der Waals surface area contributed by atoms with Crippen LogP contribution in [0.2, 0.25) is 0 Å². The Labute approximate surface area is 220 Å². The molecule has 0 aliphatic heterocycles. The van der Waals surface area contributed by atoms with Gasteiger partial charge in [-0.05, 0) is 38.5 Å². The maximum absolute atomic E-state index is 12.3. The van der Waals surface area contributed by atoms with Crippen LogP contribution < -0.4 is 5.32 Å². The summed E-state index contributed by atoms with van der Waals surface area (Å²) in [6.45, 7) is 4.38. The van der Waals surface area contributed by atoms with E-state index >= 15 is 0 Å². The number of amides is 1. The number of hydrogen-bond donors (Lipinski definition) is 4. The Bertz CT molecular complexity index is 692. The summed E-state index contributed by atoms with van der Waals surface area (Å²) in [6, 6.07) is -1.24. The molecule has 0 spiro atoms. The third-order valence-corrected chi connectivity index (χ3v) is 7.02. The van der Waals surface area contributed by atoms with Crippen molar-refractivity contribution in [1.82, 2.24) is 5.32 Å². The minimum absolute atomic E-state index is 0.195. The van der Waals surface area contributed by atoms with Gasteiger partial charge in [-0.3, -0.25) is 9.35 Å². The lowest BCUT2D eigenvalue weighted by Gasteiger charge is -2.22. The lowest BCUT2D eigenvalue weighted by Crippen LogP contribution is -2.50. The van der Waals surface area contributed by atoms with E-state index < -0.39 is 40.0 Å². The summed E-state index contributed by atoms with van der Waals surface area (Å²) < 4.78 is 32.0. The van der Waals surface area contributed by atoms with Crippen LogP contribution in [0, 0.1) is 0 Å². The standard InChI is InChI=1S/C28H53NO6S/c1-3-5-7-9-11-13-14-15-17-18-20-22-26(30)25(24-36(33,34)35)29-28(32)27(31)23-21-19-16-12-10-8-6-4-2/h16,19-20,22,25-27,30-31H,3-15,17-18,21,23-24H2,1-2H3,(H,29,32)(H,33,34,35)/b19-16-,22-20+. The van der Waals surface area contributed by atoms with Crippen LogP contribution in [0.3, 0.4) is 0 Å². The summed E-state index contributed by atoms with van der Waals surface area (Å²) in [6.07, 6.45) is 22.7. The van der Waals surface area contributed by atoms with Crippen LogP contribution in [0.5, 0.6) is 0 Å². The number of nitrogens with one attached hydrogen (secondary N) is 1. The van der Waals surface area contributed by atoms with Crippen molar-refractivity contribution in [3.05, 3.63) is 24.3 Å². The van der Waals surface area contributed by atoms with Crippen LogP contribution in [0.4, 0.5) is 0 Å². The Hall–Kier alpha value is -1.22. The summed E-state index contributed by atoms with van der Waals surface area (Å²) in [5.74, 6) is -1.58. The molecule has 3 unspecified atom stereocenters. The monoisotopic (exact) mass is 531 g/mol. The van der Waals surface area contributed by atoms with Gasteiger partial charge in [-0.2, -0.15) is 8.42 Å². The molecule has 0 rings (SSSR count). The van der Waals surface area contributed by atoms with Crippen LogP contribution in [0.1, 0.15) is 123 Å². The quantitative estimate of drug-likeness (QED) is 0.0702. The Morgan fingerprint density at radius 1 is 0.750 bits per heavy atom. The second kappa shape index (κ2) is 22.9. The molecule has 0 saturated carbocycles. The molecule has 0 bridgehead atoms. The minimum atomic E-state index is -4.43. The van der Waals surface area contributed by atoms with Gasteiger partial charge in [0.2, 0.25) is 5.91 Å². The third kappa shape index (κ3) is 22.0. The molecule has 0 radical (unpaired) electrons. The van der Waals surface area contributed by atoms with Gasteiger partial charge in [0.1, 0.15) is 6.10 Å². The molecule has 36 heavy (non-hydrogen) atoms. The molecule has 212 valence electrons. The summed E-state index contributed by atoms with van der Waals surface area (Å²) in [5.41, 5.74) is 0. The molecule has 0 aliphatic carbocycles. The van der Waals surface area contributed by atoms with Crippen molar-refractivity contribution in [2.75, 3.05) is 5.75 Å². The summed E-state index contributed by atoms with van der Waals surface area (Å²) in [5, 5.41) is 22.9. The number of carbonyl (C=O) groups is 1. The van der Waals surface area contributed by atoms with E-state index in [9.17, 15) is 28.0 Å². The summed E-state index contributed by atoms with van der Waals surface area (Å²) in [4.78, 5) is 12.3. The number of aliphatic hydroxyl groups excluding tert-OH is 2. The van der Waals surface area contributed by atoms with Crippen molar-refractivity contribution in [3.8, 4) is 0 Å². The molecule has 7 nitrogen and oxygen atoms in total. The zero-order chi connectivity index (χ0) is 27.1. The van der Waals surface area contributed by atoms with Crippen molar-refractivity contribution >= 4 is 16.0 Å². The highest BCUT2D eigenvalue weighted by Crippen LogP contribution is 2.11. The maximum Gasteiger partial charge on any atom is 0.267 e. The molecule has 0 aromatic rings. The normalized spacial score (nSPS) is 14.9. The number of allylic oxidation sites excluding steroid dienone is 3. The molecule has 4 N–H and O–H groups in total. The first-order chi connectivity index (χ1) is 17.2. The van der Waals surface area contributed by atoms with E-state index in [2.05, 4.69) is 19.2 Å². The molecule has 0 fully saturated rings. The first-order valence-corrected chi connectivity index (χ1v) is 15.8. The molecule has 8 heteroatoms. The van der Waals surface area contributed by atoms with E-state index in [1.54, 1.807) is 6.08 Å². The number of unbranched alkanes of at least 4 members (excludes halogenated alkanes) is 13. The van der Waals surface area contributed by atoms with Gasteiger partial charge in [0.15, 0.2) is 0 Å². The van der Waals surface area contributed by atoms with E-state index in [0.717, 1.165) is 32.1 Å². The highest BCUT2D eigenvalue weighted by Gasteiger charge is 2.27. The van der Waals surface area contributed by atoms with Crippen LogP contribution in [0.15, 0.2) is 24.3 Å². The van der Waals surface area contributed by atoms with E-state index in [0.29, 0.717) is 6.42 Å². The average molecular weight is 532 g/mol. The number of rotatable bonds is 24. The van der Waals surface area contributed by atoms with E-state index in [1.165, 1.54) is 70.3 Å². The van der Waals surface area contributed by atoms with Gasteiger partial charge in [-0.1, -0.05) is 109 Å². The van der Waals surface area contributed by atoms with Crippen LogP contribution in [-0.2, 0) is 14.9 Å². The van der Waals surface area contributed by atoms with Gasteiger partial charge in [0.25, 0.3) is 10.1 Å². The number of carbonyl (C=O) groups excluding carboxylic acids is 1. The van der Waals surface area contributed by atoms with E-state index in [4.69, 9.17) is 0 Å². The van der Waals surface area contributed by atoms with Gasteiger partial charge < -0.3 is 15.5 Å². The minimum Gasteiger partial charge on any atom is -0.387 e. The first kappa shape index (κ1) is 34.8. The Kier molecular flexibility index (Phi) is 22.2. The summed E-state index contributed by atoms with van der Waals surface area (Å²) in [7, 11) is -4.43. The number of hydrogen-bond acceptors (Lipinski definition) is 5. The molecule has 3 atom stereocenters. The van der Waals surface area contributed by atoms with E-state index in [1.807, 2.05) is 12.2 Å². The van der Waals surface area contributed by atoms with Gasteiger partial charge in [0.05, 0.1) is 17.9 Å². The van der Waals surface area contributed by atoms with Gasteiger partial charge in [-0.15, -0.1) is 0 Å². The Morgan fingerprint density at radius 3 is 1.78 bits per heavy atom. The lowest BCUT2D eigenvalue weighted by atomic mass is 10.1. The Balaban J connectivity index is 4.39. The van der Waals surface area contributed by atoms with Crippen molar-refractivity contribution in [1.29, 1.82) is 0 Å². The molecular weight excluding hydrogens is 478 g/mol. The fraction of sp³-hybridized carbons (Fsp3) is 0.821. The van der Waals surface area contributed by atoms with Crippen molar-refractivity contribution in [3.63, 3.8) is 0 Å². The molecule has 0 aromatic heterocycles.